The minimum Gasteiger partial charge on any atom is -0.356 e. The van der Waals surface area contributed by atoms with Gasteiger partial charge in [0.1, 0.15) is 8.30 Å². The summed E-state index contributed by atoms with van der Waals surface area (Å²) < 4.78 is 9.59. The van der Waals surface area contributed by atoms with Crippen LogP contribution in [0.15, 0.2) is 16.9 Å². The maximum atomic E-state index is 5.79. The molecule has 0 radical (unpaired) electrons. The first-order chi connectivity index (χ1) is 8.25. The molecule has 3 rings (SSSR count). The van der Waals surface area contributed by atoms with E-state index in [-0.39, 0.29) is 6.23 Å². The molecule has 4 nitrogen and oxygen atoms in total. The fourth-order valence-corrected chi connectivity index (χ4v) is 3.07. The Kier molecular flexibility index (Phi) is 3.36. The van der Waals surface area contributed by atoms with Gasteiger partial charge in [-0.1, -0.05) is 0 Å². The normalized spacial score (nSPS) is 20.9. The van der Waals surface area contributed by atoms with Crippen LogP contribution in [0, 0.1) is 3.70 Å². The van der Waals surface area contributed by atoms with Crippen LogP contribution in [-0.2, 0) is 4.74 Å². The van der Waals surface area contributed by atoms with E-state index in [0.717, 1.165) is 38.7 Å². The minimum absolute atomic E-state index is 0.0732. The van der Waals surface area contributed by atoms with Crippen molar-refractivity contribution < 1.29 is 4.74 Å². The smallest absolute Gasteiger partial charge is 0.150 e. The van der Waals surface area contributed by atoms with Crippen LogP contribution in [0.5, 0.6) is 0 Å². The summed E-state index contributed by atoms with van der Waals surface area (Å²) in [5.41, 5.74) is 1.09. The highest BCUT2D eigenvalue weighted by atomic mass is 127. The Hall–Kier alpha value is -0.210. The molecular weight excluding hydrogens is 397 g/mol. The summed E-state index contributed by atoms with van der Waals surface area (Å²) in [6, 6.07) is 2.00. The molecule has 90 valence electrons. The summed E-state index contributed by atoms with van der Waals surface area (Å²) in [4.78, 5) is 4.24. The fourth-order valence-electron chi connectivity index (χ4n) is 2.11. The Bertz CT molecular complexity index is 551. The van der Waals surface area contributed by atoms with E-state index in [2.05, 4.69) is 48.6 Å². The molecule has 0 spiro atoms. The first kappa shape index (κ1) is 11.9. The van der Waals surface area contributed by atoms with Gasteiger partial charge >= 0.3 is 0 Å². The Morgan fingerprint density at radius 1 is 1.47 bits per heavy atom. The predicted molar refractivity (Wildman–Crippen MR) is 76.8 cm³/mol. The van der Waals surface area contributed by atoms with Gasteiger partial charge in [-0.05, 0) is 63.8 Å². The SMILES string of the molecule is Brc1cc2c(cn1)c(I)nn2C1CCCCO1. The largest absolute Gasteiger partial charge is 0.356 e. The van der Waals surface area contributed by atoms with Crippen molar-refractivity contribution >= 4 is 49.4 Å². The number of nitrogens with zero attached hydrogens (tertiary/aromatic N) is 3. The van der Waals surface area contributed by atoms with Gasteiger partial charge in [0, 0.05) is 12.8 Å². The van der Waals surface area contributed by atoms with Gasteiger partial charge < -0.3 is 4.74 Å². The molecule has 1 aliphatic heterocycles. The molecule has 0 aromatic carbocycles. The zero-order chi connectivity index (χ0) is 11.8. The van der Waals surface area contributed by atoms with Crippen LogP contribution >= 0.6 is 38.5 Å². The third-order valence-corrected chi connectivity index (χ3v) is 4.17. The maximum absolute atomic E-state index is 5.79. The van der Waals surface area contributed by atoms with Crippen LogP contribution in [0.4, 0.5) is 0 Å². The van der Waals surface area contributed by atoms with Crippen molar-refractivity contribution in [3.63, 3.8) is 0 Å². The summed E-state index contributed by atoms with van der Waals surface area (Å²) in [7, 11) is 0. The van der Waals surface area contributed by atoms with E-state index >= 15 is 0 Å². The van der Waals surface area contributed by atoms with Gasteiger partial charge in [-0.2, -0.15) is 5.10 Å². The van der Waals surface area contributed by atoms with Crippen LogP contribution < -0.4 is 0 Å². The van der Waals surface area contributed by atoms with Crippen LogP contribution in [0.2, 0.25) is 0 Å². The molecule has 0 aliphatic carbocycles. The number of hydrogen-bond acceptors (Lipinski definition) is 3. The van der Waals surface area contributed by atoms with Gasteiger partial charge in [0.25, 0.3) is 0 Å². The van der Waals surface area contributed by atoms with Crippen LogP contribution in [0.25, 0.3) is 10.9 Å². The standard InChI is InChI=1S/C11H11BrIN3O/c12-9-5-8-7(6-14-9)11(13)15-16(8)10-3-1-2-4-17-10/h5-6,10H,1-4H2. The van der Waals surface area contributed by atoms with Crippen molar-refractivity contribution in [2.75, 3.05) is 6.61 Å². The molecule has 1 unspecified atom stereocenters. The third-order valence-electron chi connectivity index (χ3n) is 2.94. The van der Waals surface area contributed by atoms with E-state index in [1.54, 1.807) is 0 Å². The van der Waals surface area contributed by atoms with E-state index in [1.807, 2.05) is 16.9 Å². The first-order valence-electron chi connectivity index (χ1n) is 5.56. The molecule has 2 aromatic rings. The van der Waals surface area contributed by atoms with Crippen LogP contribution in [0.3, 0.4) is 0 Å². The molecule has 0 N–H and O–H groups in total. The summed E-state index contributed by atoms with van der Waals surface area (Å²) in [5, 5.41) is 5.66. The average molecular weight is 408 g/mol. The topological polar surface area (TPSA) is 39.9 Å². The number of aromatic nitrogens is 3. The van der Waals surface area contributed by atoms with E-state index in [9.17, 15) is 0 Å². The van der Waals surface area contributed by atoms with Crippen LogP contribution in [0.1, 0.15) is 25.5 Å². The van der Waals surface area contributed by atoms with Crippen molar-refractivity contribution in [3.8, 4) is 0 Å². The van der Waals surface area contributed by atoms with Gasteiger partial charge in [0.2, 0.25) is 0 Å². The van der Waals surface area contributed by atoms with Gasteiger partial charge in [0.15, 0.2) is 6.23 Å². The second kappa shape index (κ2) is 4.81. The molecule has 3 heterocycles. The van der Waals surface area contributed by atoms with Gasteiger partial charge in [-0.15, -0.1) is 0 Å². The molecule has 1 aliphatic rings. The second-order valence-corrected chi connectivity index (χ2v) is 5.92. The van der Waals surface area contributed by atoms with Gasteiger partial charge in [0.05, 0.1) is 10.9 Å². The van der Waals surface area contributed by atoms with E-state index in [1.165, 1.54) is 6.42 Å². The predicted octanol–water partition coefficient (Wildman–Crippen LogP) is 3.50. The van der Waals surface area contributed by atoms with E-state index in [4.69, 9.17) is 4.74 Å². The quantitative estimate of drug-likeness (QED) is 0.536. The van der Waals surface area contributed by atoms with E-state index in [0.29, 0.717) is 0 Å². The number of halogens is 2. The molecule has 1 atom stereocenters. The molecule has 17 heavy (non-hydrogen) atoms. The Labute approximate surface area is 121 Å². The lowest BCUT2D eigenvalue weighted by Crippen LogP contribution is -2.19. The zero-order valence-electron chi connectivity index (χ0n) is 9.07. The number of ether oxygens (including phenoxy) is 1. The number of pyridine rings is 1. The Morgan fingerprint density at radius 3 is 3.12 bits per heavy atom. The number of rotatable bonds is 1. The average Bonchev–Trinajstić information content (AvgIpc) is 2.67. The molecule has 0 amide bonds. The lowest BCUT2D eigenvalue weighted by molar-refractivity contribution is -0.0368. The number of hydrogen-bond donors (Lipinski definition) is 0. The Morgan fingerprint density at radius 2 is 2.35 bits per heavy atom. The fraction of sp³-hybridized carbons (Fsp3) is 0.455. The second-order valence-electron chi connectivity index (χ2n) is 4.08. The maximum Gasteiger partial charge on any atom is 0.150 e. The highest BCUT2D eigenvalue weighted by Gasteiger charge is 2.20. The van der Waals surface area contributed by atoms with Crippen molar-refractivity contribution in [1.29, 1.82) is 0 Å². The van der Waals surface area contributed by atoms with Gasteiger partial charge in [-0.25, -0.2) is 9.67 Å². The lowest BCUT2D eigenvalue weighted by Gasteiger charge is -2.23. The highest BCUT2D eigenvalue weighted by molar-refractivity contribution is 14.1. The van der Waals surface area contributed by atoms with Gasteiger partial charge in [-0.3, -0.25) is 0 Å². The molecule has 2 aromatic heterocycles. The molecule has 6 heteroatoms. The minimum atomic E-state index is 0.0732. The van der Waals surface area contributed by atoms with Crippen molar-refractivity contribution in [3.05, 3.63) is 20.6 Å². The van der Waals surface area contributed by atoms with E-state index < -0.39 is 0 Å². The molecule has 0 bridgehead atoms. The van der Waals surface area contributed by atoms with Crippen molar-refractivity contribution in [1.82, 2.24) is 14.8 Å². The molecule has 0 saturated carbocycles. The molecular formula is C11H11BrIN3O. The summed E-state index contributed by atoms with van der Waals surface area (Å²) in [6.07, 6.45) is 5.32. The Balaban J connectivity index is 2.11. The highest BCUT2D eigenvalue weighted by Crippen LogP contribution is 2.29. The summed E-state index contributed by atoms with van der Waals surface area (Å²) >= 11 is 5.65. The van der Waals surface area contributed by atoms with Crippen LogP contribution in [-0.4, -0.2) is 21.4 Å². The summed E-state index contributed by atoms with van der Waals surface area (Å²) in [6.45, 7) is 0.828. The first-order valence-corrected chi connectivity index (χ1v) is 7.44. The zero-order valence-corrected chi connectivity index (χ0v) is 12.8. The number of fused-ring (bicyclic) bond motifs is 1. The molecule has 1 saturated heterocycles. The monoisotopic (exact) mass is 407 g/mol. The third kappa shape index (κ3) is 2.22. The van der Waals surface area contributed by atoms with Crippen molar-refractivity contribution in [2.45, 2.75) is 25.5 Å². The summed E-state index contributed by atoms with van der Waals surface area (Å²) in [5.74, 6) is 0. The van der Waals surface area contributed by atoms with Crippen molar-refractivity contribution in [2.24, 2.45) is 0 Å². The molecule has 1 fully saturated rings. The lowest BCUT2D eigenvalue weighted by atomic mass is 10.2.